The van der Waals surface area contributed by atoms with Gasteiger partial charge in [0.1, 0.15) is 12.4 Å². The summed E-state index contributed by atoms with van der Waals surface area (Å²) in [6, 6.07) is -13.1. The van der Waals surface area contributed by atoms with Gasteiger partial charge in [-0.1, -0.05) is 0 Å². The second kappa shape index (κ2) is 6.04. The molecule has 0 fully saturated rings. The van der Waals surface area contributed by atoms with Gasteiger partial charge in [0.15, 0.2) is 0 Å². The van der Waals surface area contributed by atoms with E-state index in [2.05, 4.69) is 0 Å². The van der Waals surface area contributed by atoms with Crippen molar-refractivity contribution < 1.29 is 74.8 Å². The molecule has 0 unspecified atom stereocenters. The van der Waals surface area contributed by atoms with Crippen LogP contribution in [0.1, 0.15) is 0 Å². The number of aromatic nitrogens is 2. The maximum absolute atomic E-state index is 13.5. The number of hydrogen-bond acceptors (Lipinski definition) is 0. The molecule has 164 valence electrons. The summed E-state index contributed by atoms with van der Waals surface area (Å²) >= 11 is 0. The first-order chi connectivity index (χ1) is 12.0. The molecule has 0 aliphatic rings. The summed E-state index contributed by atoms with van der Waals surface area (Å²) in [5, 5.41) is 0. The standard InChI is InChI=1S/C10H3F16N2/c11-4(12,7(17,18)19)5(13,14)9(23,24)27-1-2-28(3-27)10(25,26)6(15,16)8(20,21)22/h1-3H/q+1. The molecule has 0 radical (unpaired) electrons. The van der Waals surface area contributed by atoms with E-state index in [-0.39, 0.29) is 0 Å². The van der Waals surface area contributed by atoms with E-state index < -0.39 is 70.1 Å². The highest BCUT2D eigenvalue weighted by molar-refractivity contribution is 4.99. The molecule has 0 aliphatic heterocycles. The van der Waals surface area contributed by atoms with Crippen molar-refractivity contribution >= 4 is 0 Å². The molecule has 0 atom stereocenters. The molecule has 1 aromatic heterocycles. The fourth-order valence-electron chi connectivity index (χ4n) is 1.55. The quantitative estimate of drug-likeness (QED) is 0.441. The molecule has 0 amide bonds. The highest BCUT2D eigenvalue weighted by Gasteiger charge is 2.85. The molecule has 28 heavy (non-hydrogen) atoms. The minimum Gasteiger partial charge on any atom is -0.189 e. The zero-order valence-electron chi connectivity index (χ0n) is 12.2. The van der Waals surface area contributed by atoms with Crippen molar-refractivity contribution in [3.05, 3.63) is 18.7 Å². The summed E-state index contributed by atoms with van der Waals surface area (Å²) in [4.78, 5) is 0. The molecule has 0 aromatic carbocycles. The van der Waals surface area contributed by atoms with Crippen LogP contribution in [0.5, 0.6) is 0 Å². The number of halogens is 16. The molecule has 0 saturated carbocycles. The van der Waals surface area contributed by atoms with Crippen molar-refractivity contribution in [3.63, 3.8) is 0 Å². The molecule has 0 saturated heterocycles. The number of rotatable bonds is 5. The molecule has 0 N–H and O–H groups in total. The van der Waals surface area contributed by atoms with Crippen molar-refractivity contribution in [3.8, 4) is 0 Å². The zero-order valence-corrected chi connectivity index (χ0v) is 12.2. The summed E-state index contributed by atoms with van der Waals surface area (Å²) in [6.45, 7) is 0. The Bertz CT molecular complexity index is 708. The van der Waals surface area contributed by atoms with Gasteiger partial charge >= 0.3 is 42.2 Å². The molecule has 1 rings (SSSR count). The minimum atomic E-state index is -7.45. The number of imidazole rings is 1. The molecule has 1 aromatic rings. The van der Waals surface area contributed by atoms with Crippen LogP contribution in [0.25, 0.3) is 0 Å². The van der Waals surface area contributed by atoms with Gasteiger partial charge in [0.25, 0.3) is 6.33 Å². The summed E-state index contributed by atoms with van der Waals surface area (Å²) in [5.74, 6) is -21.8. The first-order valence-electron chi connectivity index (χ1n) is 6.09. The Morgan fingerprint density at radius 1 is 0.536 bits per heavy atom. The Morgan fingerprint density at radius 3 is 1.29 bits per heavy atom. The lowest BCUT2D eigenvalue weighted by atomic mass is 10.1. The van der Waals surface area contributed by atoms with Crippen molar-refractivity contribution in [2.24, 2.45) is 0 Å². The lowest BCUT2D eigenvalue weighted by molar-refractivity contribution is -0.850. The molecule has 2 nitrogen and oxygen atoms in total. The smallest absolute Gasteiger partial charge is 0.189 e. The summed E-state index contributed by atoms with van der Waals surface area (Å²) in [7, 11) is 0. The molecule has 0 spiro atoms. The second-order valence-electron chi connectivity index (χ2n) is 5.03. The Morgan fingerprint density at radius 2 is 0.929 bits per heavy atom. The molecule has 1 heterocycles. The highest BCUT2D eigenvalue weighted by atomic mass is 19.4. The van der Waals surface area contributed by atoms with E-state index >= 15 is 0 Å². The van der Waals surface area contributed by atoms with Gasteiger partial charge in [0, 0.05) is 0 Å². The first-order valence-corrected chi connectivity index (χ1v) is 6.09. The average Bonchev–Trinajstić information content (AvgIpc) is 2.95. The maximum Gasteiger partial charge on any atom is 0.472 e. The van der Waals surface area contributed by atoms with Crippen LogP contribution in [0.15, 0.2) is 18.7 Å². The van der Waals surface area contributed by atoms with Crippen LogP contribution in [0, 0.1) is 0 Å². The normalized spacial score (nSPS) is 15.9. The molecular weight excluding hydrogens is 452 g/mol. The molecule has 18 heteroatoms. The van der Waals surface area contributed by atoms with Gasteiger partial charge in [0.05, 0.1) is 0 Å². The topological polar surface area (TPSA) is 8.81 Å². The number of nitrogens with zero attached hydrogens (tertiary/aromatic N) is 2. The molecule has 0 aliphatic carbocycles. The molecule has 0 bridgehead atoms. The lowest BCUT2D eigenvalue weighted by Crippen LogP contribution is -2.65. The largest absolute Gasteiger partial charge is 0.472 e. The van der Waals surface area contributed by atoms with Crippen LogP contribution in [0.4, 0.5) is 70.2 Å². The SMILES string of the molecule is FC(F)(F)C(F)(F)C(F)(F)[n+]1ccn(C(F)(F)C(F)(F)C(F)(F)C(F)(F)F)c1. The van der Waals surface area contributed by atoms with Gasteiger partial charge in [-0.25, -0.2) is 0 Å². The van der Waals surface area contributed by atoms with E-state index in [0.717, 1.165) is 0 Å². The fourth-order valence-corrected chi connectivity index (χ4v) is 1.55. The van der Waals surface area contributed by atoms with Crippen molar-refractivity contribution in [1.29, 1.82) is 0 Å². The highest BCUT2D eigenvalue weighted by Crippen LogP contribution is 2.55. The monoisotopic (exact) mass is 455 g/mol. The van der Waals surface area contributed by atoms with E-state index in [1.54, 1.807) is 0 Å². The summed E-state index contributed by atoms with van der Waals surface area (Å²) in [5.41, 5.74) is 0. The predicted molar refractivity (Wildman–Crippen MR) is 52.0 cm³/mol. The van der Waals surface area contributed by atoms with Crippen LogP contribution in [-0.2, 0) is 12.1 Å². The minimum absolute atomic E-state index is 0.796. The van der Waals surface area contributed by atoms with Crippen LogP contribution in [0.3, 0.4) is 0 Å². The van der Waals surface area contributed by atoms with Gasteiger partial charge in [-0.05, 0) is 0 Å². The van der Waals surface area contributed by atoms with Crippen LogP contribution in [0.2, 0.25) is 0 Å². The van der Waals surface area contributed by atoms with E-state index in [1.807, 2.05) is 0 Å². The van der Waals surface area contributed by atoms with E-state index in [1.165, 1.54) is 0 Å². The third-order valence-electron chi connectivity index (χ3n) is 3.15. The fraction of sp³-hybridized carbons (Fsp3) is 0.700. The Labute approximate surface area is 141 Å². The van der Waals surface area contributed by atoms with E-state index in [0.29, 0.717) is 0 Å². The third kappa shape index (κ3) is 3.13. The van der Waals surface area contributed by atoms with Crippen LogP contribution >= 0.6 is 0 Å². The van der Waals surface area contributed by atoms with E-state index in [4.69, 9.17) is 0 Å². The van der Waals surface area contributed by atoms with Crippen LogP contribution in [-0.4, -0.2) is 34.7 Å². The van der Waals surface area contributed by atoms with Gasteiger partial charge in [-0.15, -0.1) is 0 Å². The molecular formula is C10H3F16N2+. The Kier molecular flexibility index (Phi) is 5.21. The predicted octanol–water partition coefficient (Wildman–Crippen LogP) is 4.90. The maximum atomic E-state index is 13.5. The van der Waals surface area contributed by atoms with Crippen molar-refractivity contribution in [2.45, 2.75) is 42.2 Å². The lowest BCUT2D eigenvalue weighted by Gasteiger charge is -2.31. The van der Waals surface area contributed by atoms with Gasteiger partial charge in [-0.3, -0.25) is 0 Å². The first kappa shape index (κ1) is 24.1. The number of hydrogen-bond donors (Lipinski definition) is 0. The van der Waals surface area contributed by atoms with Gasteiger partial charge in [0.2, 0.25) is 0 Å². The van der Waals surface area contributed by atoms with Gasteiger partial charge < -0.3 is 0 Å². The third-order valence-corrected chi connectivity index (χ3v) is 3.15. The second-order valence-corrected chi connectivity index (χ2v) is 5.03. The van der Waals surface area contributed by atoms with E-state index in [9.17, 15) is 70.2 Å². The summed E-state index contributed by atoms with van der Waals surface area (Å²) in [6.07, 6.45) is -17.2. The van der Waals surface area contributed by atoms with Gasteiger partial charge in [-0.2, -0.15) is 79.4 Å². The Balaban J connectivity index is 3.49. The number of alkyl halides is 16. The summed E-state index contributed by atoms with van der Waals surface area (Å²) < 4.78 is 199. The average molecular weight is 455 g/mol. The van der Waals surface area contributed by atoms with Crippen molar-refractivity contribution in [1.82, 2.24) is 4.57 Å². The van der Waals surface area contributed by atoms with Crippen LogP contribution < -0.4 is 4.57 Å². The van der Waals surface area contributed by atoms with Crippen molar-refractivity contribution in [2.75, 3.05) is 0 Å². The zero-order chi connectivity index (χ0) is 22.8. The Hall–Kier alpha value is -1.91.